The van der Waals surface area contributed by atoms with Gasteiger partial charge in [0.25, 0.3) is 5.91 Å². The maximum atomic E-state index is 11.7. The van der Waals surface area contributed by atoms with Gasteiger partial charge in [0, 0.05) is 24.2 Å². The molecule has 21 heavy (non-hydrogen) atoms. The van der Waals surface area contributed by atoms with Crippen LogP contribution in [0.25, 0.3) is 0 Å². The second kappa shape index (κ2) is 6.24. The number of nitrogens with zero attached hydrogens (tertiary/aromatic N) is 1. The third-order valence-corrected chi connectivity index (χ3v) is 4.58. The molecule has 1 aromatic rings. The predicted molar refractivity (Wildman–Crippen MR) is 85.9 cm³/mol. The van der Waals surface area contributed by atoms with Crippen molar-refractivity contribution in [1.82, 2.24) is 5.32 Å². The quantitative estimate of drug-likeness (QED) is 0.848. The van der Waals surface area contributed by atoms with E-state index in [1.807, 2.05) is 6.07 Å². The molecule has 0 radical (unpaired) electrons. The number of benzene rings is 1. The Hall–Kier alpha value is -1.26. The maximum Gasteiger partial charge on any atom is 0.250 e. The molecule has 3 N–H and O–H groups in total. The summed E-state index contributed by atoms with van der Waals surface area (Å²) in [6.07, 6.45) is 4.97. The van der Waals surface area contributed by atoms with Crippen molar-refractivity contribution in [3.63, 3.8) is 0 Å². The molecule has 1 heterocycles. The van der Waals surface area contributed by atoms with Crippen molar-refractivity contribution in [2.75, 3.05) is 24.5 Å². The van der Waals surface area contributed by atoms with Crippen LogP contribution in [0.2, 0.25) is 5.02 Å². The van der Waals surface area contributed by atoms with Gasteiger partial charge in [-0.25, -0.2) is 0 Å². The number of amides is 1. The van der Waals surface area contributed by atoms with Gasteiger partial charge in [-0.1, -0.05) is 11.6 Å². The molecular weight excluding hydrogens is 286 g/mol. The Labute approximate surface area is 130 Å². The number of rotatable bonds is 6. The molecule has 114 valence electrons. The molecule has 5 heteroatoms. The average molecular weight is 308 g/mol. The van der Waals surface area contributed by atoms with Crippen LogP contribution in [-0.4, -0.2) is 31.6 Å². The third kappa shape index (κ3) is 3.69. The van der Waals surface area contributed by atoms with Gasteiger partial charge >= 0.3 is 0 Å². The Morgan fingerprint density at radius 2 is 2.14 bits per heavy atom. The van der Waals surface area contributed by atoms with E-state index in [4.69, 9.17) is 17.3 Å². The van der Waals surface area contributed by atoms with Crippen molar-refractivity contribution in [3.8, 4) is 0 Å². The van der Waals surface area contributed by atoms with E-state index < -0.39 is 0 Å². The van der Waals surface area contributed by atoms with Crippen LogP contribution in [-0.2, 0) is 0 Å². The zero-order valence-electron chi connectivity index (χ0n) is 12.1. The summed E-state index contributed by atoms with van der Waals surface area (Å²) in [7, 11) is 0. The van der Waals surface area contributed by atoms with E-state index in [1.165, 1.54) is 25.7 Å². The van der Waals surface area contributed by atoms with Crippen LogP contribution < -0.4 is 16.0 Å². The molecule has 3 rings (SSSR count). The number of hydrogen-bond acceptors (Lipinski definition) is 3. The molecule has 1 amide bonds. The predicted octanol–water partition coefficient (Wildman–Crippen LogP) is 2.41. The first-order valence-electron chi connectivity index (χ1n) is 7.71. The maximum absolute atomic E-state index is 11.7. The Morgan fingerprint density at radius 1 is 1.33 bits per heavy atom. The van der Waals surface area contributed by atoms with Gasteiger partial charge in [0.2, 0.25) is 0 Å². The molecule has 1 aromatic carbocycles. The lowest BCUT2D eigenvalue weighted by molar-refractivity contribution is 0.100. The number of carbonyl (C=O) groups is 1. The molecule has 2 fully saturated rings. The second-order valence-electron chi connectivity index (χ2n) is 6.17. The van der Waals surface area contributed by atoms with Crippen molar-refractivity contribution >= 4 is 23.2 Å². The van der Waals surface area contributed by atoms with Crippen LogP contribution in [0.1, 0.15) is 36.0 Å². The minimum Gasteiger partial charge on any atom is -0.369 e. The van der Waals surface area contributed by atoms with Crippen LogP contribution in [0.5, 0.6) is 0 Å². The highest BCUT2D eigenvalue weighted by molar-refractivity contribution is 6.31. The van der Waals surface area contributed by atoms with Gasteiger partial charge in [0.15, 0.2) is 0 Å². The Morgan fingerprint density at radius 3 is 2.76 bits per heavy atom. The van der Waals surface area contributed by atoms with Gasteiger partial charge in [-0.2, -0.15) is 0 Å². The molecular formula is C16H22ClN3O. The summed E-state index contributed by atoms with van der Waals surface area (Å²) in [4.78, 5) is 14.0. The second-order valence-corrected chi connectivity index (χ2v) is 6.60. The van der Waals surface area contributed by atoms with Gasteiger partial charge in [-0.15, -0.1) is 0 Å². The number of nitrogens with one attached hydrogen (secondary N) is 1. The van der Waals surface area contributed by atoms with E-state index in [0.29, 0.717) is 16.6 Å². The molecule has 2 aliphatic rings. The fourth-order valence-corrected chi connectivity index (χ4v) is 3.20. The van der Waals surface area contributed by atoms with Gasteiger partial charge in [0.05, 0.1) is 11.3 Å². The first-order chi connectivity index (χ1) is 10.1. The lowest BCUT2D eigenvalue weighted by Gasteiger charge is -2.29. The minimum atomic E-state index is -0.387. The summed E-state index contributed by atoms with van der Waals surface area (Å²) >= 11 is 6.14. The topological polar surface area (TPSA) is 58.4 Å². The highest BCUT2D eigenvalue weighted by Gasteiger charge is 2.28. The van der Waals surface area contributed by atoms with Crippen LogP contribution in [0.15, 0.2) is 18.2 Å². The summed E-state index contributed by atoms with van der Waals surface area (Å²) in [6.45, 7) is 2.98. The molecule has 1 aliphatic carbocycles. The molecule has 1 atom stereocenters. The Balaban J connectivity index is 1.86. The number of halogens is 1. The molecule has 1 saturated heterocycles. The summed E-state index contributed by atoms with van der Waals surface area (Å²) in [5.74, 6) is 0.355. The minimum absolute atomic E-state index is 0.387. The van der Waals surface area contributed by atoms with Crippen molar-refractivity contribution < 1.29 is 4.79 Å². The Bertz CT molecular complexity index is 524. The van der Waals surface area contributed by atoms with Crippen LogP contribution in [0, 0.1) is 5.92 Å². The molecule has 1 aliphatic heterocycles. The van der Waals surface area contributed by atoms with Crippen molar-refractivity contribution in [3.05, 3.63) is 28.8 Å². The normalized spacial score (nSPS) is 21.5. The number of carbonyl (C=O) groups excluding carboxylic acids is 1. The summed E-state index contributed by atoms with van der Waals surface area (Å²) in [6, 6.07) is 5.83. The van der Waals surface area contributed by atoms with E-state index >= 15 is 0 Å². The van der Waals surface area contributed by atoms with Crippen LogP contribution >= 0.6 is 11.6 Å². The van der Waals surface area contributed by atoms with Gasteiger partial charge in [-0.05, 0) is 56.3 Å². The Kier molecular flexibility index (Phi) is 4.36. The van der Waals surface area contributed by atoms with Crippen molar-refractivity contribution in [1.29, 1.82) is 0 Å². The fraction of sp³-hybridized carbons (Fsp3) is 0.562. The average Bonchev–Trinajstić information content (AvgIpc) is 3.11. The van der Waals surface area contributed by atoms with Gasteiger partial charge in [0.1, 0.15) is 0 Å². The van der Waals surface area contributed by atoms with E-state index in [9.17, 15) is 4.79 Å². The first kappa shape index (κ1) is 14.7. The first-order valence-corrected chi connectivity index (χ1v) is 8.09. The highest BCUT2D eigenvalue weighted by Crippen LogP contribution is 2.33. The molecule has 1 unspecified atom stereocenters. The smallest absolute Gasteiger partial charge is 0.250 e. The number of nitrogens with two attached hydrogens (primary N) is 1. The fourth-order valence-electron chi connectivity index (χ4n) is 3.04. The van der Waals surface area contributed by atoms with E-state index in [2.05, 4.69) is 10.2 Å². The molecule has 0 bridgehead atoms. The van der Waals surface area contributed by atoms with Gasteiger partial charge in [-0.3, -0.25) is 4.79 Å². The number of hydrogen-bond donors (Lipinski definition) is 2. The standard InChI is InChI=1S/C16H22ClN3O/c17-12-5-6-14(16(18)21)15(8-12)20(9-11-3-4-11)10-13-2-1-7-19-13/h5-6,8,11,13,19H,1-4,7,9-10H2,(H2,18,21). The van der Waals surface area contributed by atoms with Gasteiger partial charge < -0.3 is 16.0 Å². The van der Waals surface area contributed by atoms with Crippen molar-refractivity contribution in [2.24, 2.45) is 11.7 Å². The van der Waals surface area contributed by atoms with Crippen LogP contribution in [0.3, 0.4) is 0 Å². The van der Waals surface area contributed by atoms with E-state index in [-0.39, 0.29) is 5.91 Å². The summed E-state index contributed by atoms with van der Waals surface area (Å²) < 4.78 is 0. The number of primary amides is 1. The lowest BCUT2D eigenvalue weighted by Crippen LogP contribution is -2.39. The SMILES string of the molecule is NC(=O)c1ccc(Cl)cc1N(CC1CC1)CC1CCCN1. The molecule has 4 nitrogen and oxygen atoms in total. The van der Waals surface area contributed by atoms with E-state index in [1.54, 1.807) is 12.1 Å². The molecule has 1 saturated carbocycles. The third-order valence-electron chi connectivity index (χ3n) is 4.34. The summed E-state index contributed by atoms with van der Waals surface area (Å²) in [5.41, 5.74) is 6.99. The largest absolute Gasteiger partial charge is 0.369 e. The zero-order chi connectivity index (χ0) is 14.8. The van der Waals surface area contributed by atoms with E-state index in [0.717, 1.165) is 31.2 Å². The highest BCUT2D eigenvalue weighted by atomic mass is 35.5. The number of anilines is 1. The molecule has 0 spiro atoms. The molecule has 0 aromatic heterocycles. The summed E-state index contributed by atoms with van der Waals surface area (Å²) in [5, 5.41) is 4.17. The monoisotopic (exact) mass is 307 g/mol. The lowest BCUT2D eigenvalue weighted by atomic mass is 10.1. The zero-order valence-corrected chi connectivity index (χ0v) is 12.9. The van der Waals surface area contributed by atoms with Crippen LogP contribution in [0.4, 0.5) is 5.69 Å². The van der Waals surface area contributed by atoms with Crippen molar-refractivity contribution in [2.45, 2.75) is 31.7 Å².